The topological polar surface area (TPSA) is 125 Å². The first-order valence-electron chi connectivity index (χ1n) is 9.89. The van der Waals surface area contributed by atoms with Crippen molar-refractivity contribution in [2.45, 2.75) is 68.5 Å². The van der Waals surface area contributed by atoms with E-state index in [4.69, 9.17) is 4.74 Å². The van der Waals surface area contributed by atoms with Gasteiger partial charge in [-0.1, -0.05) is 30.3 Å². The Hall–Kier alpha value is -2.75. The third-order valence-corrected chi connectivity index (χ3v) is 6.60. The van der Waals surface area contributed by atoms with Gasteiger partial charge in [-0.25, -0.2) is 9.59 Å². The molecule has 9 nitrogen and oxygen atoms in total. The fourth-order valence-electron chi connectivity index (χ4n) is 3.75. The molecule has 2 heterocycles. The first-order valence-corrected chi connectivity index (χ1v) is 10.8. The van der Waals surface area contributed by atoms with Gasteiger partial charge < -0.3 is 25.4 Å². The van der Waals surface area contributed by atoms with E-state index in [0.29, 0.717) is 5.56 Å². The molecule has 4 atom stereocenters. The molecular formula is C21H27N3O6S. The SMILES string of the molecule is CC(C)(C)OC(=O)NC(C(=O)NC1C(=O)N2[C@@H]1SC(C)(C)[C@@H]2C(=O)O)c1ccccc1. The molecule has 1 aromatic rings. The minimum Gasteiger partial charge on any atom is -0.480 e. The monoisotopic (exact) mass is 449 g/mol. The van der Waals surface area contributed by atoms with Crippen LogP contribution in [0.15, 0.2) is 30.3 Å². The Morgan fingerprint density at radius 3 is 2.35 bits per heavy atom. The van der Waals surface area contributed by atoms with Crippen molar-refractivity contribution in [1.82, 2.24) is 15.5 Å². The smallest absolute Gasteiger partial charge is 0.408 e. The number of carboxylic acids is 1. The summed E-state index contributed by atoms with van der Waals surface area (Å²) in [7, 11) is 0. The Labute approximate surface area is 184 Å². The average molecular weight is 450 g/mol. The van der Waals surface area contributed by atoms with Crippen molar-refractivity contribution < 1.29 is 29.0 Å². The maximum absolute atomic E-state index is 13.1. The predicted molar refractivity (Wildman–Crippen MR) is 114 cm³/mol. The molecule has 1 aromatic carbocycles. The summed E-state index contributed by atoms with van der Waals surface area (Å²) in [4.78, 5) is 51.0. The molecule has 3 amide bonds. The molecule has 10 heteroatoms. The molecule has 3 N–H and O–H groups in total. The van der Waals surface area contributed by atoms with Gasteiger partial charge in [0.2, 0.25) is 11.8 Å². The zero-order chi connectivity index (χ0) is 23.1. The summed E-state index contributed by atoms with van der Waals surface area (Å²) in [5.41, 5.74) is -0.221. The van der Waals surface area contributed by atoms with Gasteiger partial charge >= 0.3 is 12.1 Å². The van der Waals surface area contributed by atoms with E-state index in [0.717, 1.165) is 0 Å². The largest absolute Gasteiger partial charge is 0.480 e. The van der Waals surface area contributed by atoms with Crippen molar-refractivity contribution in [2.75, 3.05) is 0 Å². The zero-order valence-electron chi connectivity index (χ0n) is 18.0. The second-order valence-electron chi connectivity index (χ2n) is 9.07. The van der Waals surface area contributed by atoms with Gasteiger partial charge in [-0.05, 0) is 40.2 Å². The summed E-state index contributed by atoms with van der Waals surface area (Å²) in [6.07, 6.45) is -0.764. The second-order valence-corrected chi connectivity index (χ2v) is 10.8. The quantitative estimate of drug-likeness (QED) is 0.586. The summed E-state index contributed by atoms with van der Waals surface area (Å²) in [6, 6.07) is 5.70. The van der Waals surface area contributed by atoms with E-state index in [2.05, 4.69) is 10.6 Å². The van der Waals surface area contributed by atoms with Crippen molar-refractivity contribution in [2.24, 2.45) is 0 Å². The number of thioether (sulfide) groups is 1. The first-order chi connectivity index (χ1) is 14.3. The number of rotatable bonds is 5. The lowest BCUT2D eigenvalue weighted by Gasteiger charge is -2.44. The fraction of sp³-hybridized carbons (Fsp3) is 0.524. The Morgan fingerprint density at radius 2 is 1.81 bits per heavy atom. The van der Waals surface area contributed by atoms with Crippen LogP contribution in [0, 0.1) is 0 Å². The van der Waals surface area contributed by atoms with E-state index in [9.17, 15) is 24.3 Å². The molecule has 31 heavy (non-hydrogen) atoms. The van der Waals surface area contributed by atoms with Crippen molar-refractivity contribution in [1.29, 1.82) is 0 Å². The standard InChI is InChI=1S/C21H27N3O6S/c1-20(2,3)30-19(29)23-12(11-9-7-6-8-10-11)15(25)22-13-16(26)24-14(18(27)28)21(4,5)31-17(13)24/h6-10,12-14,17H,1-5H3,(H,22,25)(H,23,29)(H,27,28)/t12?,13?,14-,17+/m0/s1. The highest BCUT2D eigenvalue weighted by atomic mass is 32.2. The molecule has 2 fully saturated rings. The van der Waals surface area contributed by atoms with Crippen molar-refractivity contribution in [3.05, 3.63) is 35.9 Å². The van der Waals surface area contributed by atoms with E-state index >= 15 is 0 Å². The summed E-state index contributed by atoms with van der Waals surface area (Å²) < 4.78 is 4.57. The highest BCUT2D eigenvalue weighted by molar-refractivity contribution is 8.01. The van der Waals surface area contributed by atoms with E-state index < -0.39 is 57.7 Å². The van der Waals surface area contributed by atoms with Crippen molar-refractivity contribution in [3.8, 4) is 0 Å². The molecular weight excluding hydrogens is 422 g/mol. The van der Waals surface area contributed by atoms with Crippen LogP contribution in [0.2, 0.25) is 0 Å². The van der Waals surface area contributed by atoms with Gasteiger partial charge in [0.05, 0.1) is 0 Å². The molecule has 0 aliphatic carbocycles. The highest BCUT2D eigenvalue weighted by Gasteiger charge is 2.64. The predicted octanol–water partition coefficient (Wildman–Crippen LogP) is 1.88. The first kappa shape index (κ1) is 22.9. The number of carbonyl (C=O) groups is 4. The van der Waals surface area contributed by atoms with Gasteiger partial charge in [0.15, 0.2) is 0 Å². The average Bonchev–Trinajstić information content (AvgIpc) is 2.91. The molecule has 3 rings (SSSR count). The summed E-state index contributed by atoms with van der Waals surface area (Å²) >= 11 is 1.33. The number of nitrogens with one attached hydrogen (secondary N) is 2. The number of carboxylic acid groups (broad SMARTS) is 1. The molecule has 0 bridgehead atoms. The van der Waals surface area contributed by atoms with Crippen LogP contribution >= 0.6 is 11.8 Å². The van der Waals surface area contributed by atoms with Gasteiger partial charge in [0, 0.05) is 4.75 Å². The Balaban J connectivity index is 1.76. The van der Waals surface area contributed by atoms with E-state index in [1.54, 1.807) is 65.0 Å². The maximum Gasteiger partial charge on any atom is 0.408 e. The van der Waals surface area contributed by atoms with Gasteiger partial charge in [-0.2, -0.15) is 0 Å². The van der Waals surface area contributed by atoms with Crippen molar-refractivity contribution >= 4 is 35.6 Å². The molecule has 2 aliphatic heterocycles. The Morgan fingerprint density at radius 1 is 1.19 bits per heavy atom. The van der Waals surface area contributed by atoms with Crippen LogP contribution in [0.3, 0.4) is 0 Å². The number of hydrogen-bond acceptors (Lipinski definition) is 6. The molecule has 0 aromatic heterocycles. The van der Waals surface area contributed by atoms with Gasteiger partial charge in [-0.15, -0.1) is 11.8 Å². The van der Waals surface area contributed by atoms with Gasteiger partial charge in [0.25, 0.3) is 0 Å². The number of ether oxygens (including phenoxy) is 1. The number of β-lactam (4-membered cyclic amide) rings is 1. The number of benzene rings is 1. The number of hydrogen-bond donors (Lipinski definition) is 3. The van der Waals surface area contributed by atoms with E-state index in [1.807, 2.05) is 0 Å². The molecule has 2 unspecified atom stereocenters. The van der Waals surface area contributed by atoms with Crippen LogP contribution in [0.1, 0.15) is 46.2 Å². The number of fused-ring (bicyclic) bond motifs is 1. The summed E-state index contributed by atoms with van der Waals surface area (Å²) in [5.74, 6) is -2.10. The fourth-order valence-corrected chi connectivity index (χ4v) is 5.38. The molecule has 2 saturated heterocycles. The lowest BCUT2D eigenvalue weighted by Crippen LogP contribution is -2.71. The van der Waals surface area contributed by atoms with Gasteiger partial charge in [-0.3, -0.25) is 9.59 Å². The second kappa shape index (κ2) is 8.07. The van der Waals surface area contributed by atoms with E-state index in [1.165, 1.54) is 16.7 Å². The van der Waals surface area contributed by atoms with E-state index in [-0.39, 0.29) is 0 Å². The number of amides is 3. The molecule has 2 aliphatic rings. The third kappa shape index (κ3) is 4.63. The number of carbonyl (C=O) groups excluding carboxylic acids is 3. The third-order valence-electron chi connectivity index (χ3n) is 5.03. The van der Waals surface area contributed by atoms with Crippen LogP contribution in [0.25, 0.3) is 0 Å². The van der Waals surface area contributed by atoms with Crippen LogP contribution in [-0.2, 0) is 19.1 Å². The maximum atomic E-state index is 13.1. The summed E-state index contributed by atoms with van der Waals surface area (Å²) in [6.45, 7) is 8.66. The molecule has 168 valence electrons. The van der Waals surface area contributed by atoms with Gasteiger partial charge in [0.1, 0.15) is 29.1 Å². The number of aliphatic carboxylic acids is 1. The number of alkyl carbamates (subject to hydrolysis) is 1. The van der Waals surface area contributed by atoms with Crippen LogP contribution < -0.4 is 10.6 Å². The minimum absolute atomic E-state index is 0.451. The minimum atomic E-state index is -1.08. The molecule has 0 spiro atoms. The molecule has 0 saturated carbocycles. The lowest BCUT2D eigenvalue weighted by atomic mass is 9.95. The van der Waals surface area contributed by atoms with Crippen molar-refractivity contribution in [3.63, 3.8) is 0 Å². The van der Waals surface area contributed by atoms with Crippen LogP contribution in [-0.4, -0.2) is 61.7 Å². The Kier molecular flexibility index (Phi) is 5.96. The lowest BCUT2D eigenvalue weighted by molar-refractivity contribution is -0.161. The normalized spacial score (nSPS) is 25.1. The summed E-state index contributed by atoms with van der Waals surface area (Å²) in [5, 5.41) is 14.3. The van der Waals surface area contributed by atoms with Crippen LogP contribution in [0.5, 0.6) is 0 Å². The number of nitrogens with zero attached hydrogens (tertiary/aromatic N) is 1. The zero-order valence-corrected chi connectivity index (χ0v) is 18.9. The highest BCUT2D eigenvalue weighted by Crippen LogP contribution is 2.50. The Bertz CT molecular complexity index is 898. The van der Waals surface area contributed by atoms with Crippen LogP contribution in [0.4, 0.5) is 4.79 Å². The molecule has 0 radical (unpaired) electrons.